The van der Waals surface area contributed by atoms with Gasteiger partial charge in [0.2, 0.25) is 5.75 Å². The molecule has 0 fully saturated rings. The Labute approximate surface area is 193 Å². The number of methoxy groups -OCH3 is 3. The normalized spacial score (nSPS) is 11.9. The number of fused-ring (bicyclic) bond motifs is 1. The average molecular weight is 465 g/mol. The fraction of sp³-hybridized carbons (Fsp3) is 0.435. The van der Waals surface area contributed by atoms with E-state index in [1.54, 1.807) is 21.3 Å². The third kappa shape index (κ3) is 8.15. The van der Waals surface area contributed by atoms with Crippen LogP contribution in [-0.2, 0) is 14.4 Å². The van der Waals surface area contributed by atoms with Gasteiger partial charge in [-0.1, -0.05) is 18.1 Å². The quantitative estimate of drug-likeness (QED) is 0.306. The molecule has 0 bridgehead atoms. The van der Waals surface area contributed by atoms with Gasteiger partial charge in [-0.15, -0.1) is 0 Å². The number of carboxylic acids is 2. The highest BCUT2D eigenvalue weighted by molar-refractivity contribution is 6.26. The van der Waals surface area contributed by atoms with Crippen LogP contribution in [0.15, 0.2) is 29.4 Å². The molecule has 0 saturated carbocycles. The number of ether oxygens (including phenoxy) is 3. The standard InChI is InChI=1S/C21H30N2O4.C2H2O4/c1-14(12-23(3)4)13-27-22-15(2)16-8-9-18-17(10-16)11-19(24-5)21(26-7)20(18)25-6;3-1(4)2(5)6/h8-11,14H,12-13H2,1-7H3;(H,3,4)(H,5,6)/b22-15+;. The minimum atomic E-state index is -2.07. The molecule has 1 atom stereocenters. The molecule has 2 aromatic rings. The minimum absolute atomic E-state index is 0.448. The fourth-order valence-corrected chi connectivity index (χ4v) is 3.17. The maximum atomic E-state index is 9.04. The second kappa shape index (κ2) is 13.1. The number of benzene rings is 2. The molecule has 0 radical (unpaired) electrons. The Hall–Kier alpha value is -3.53. The van der Waals surface area contributed by atoms with Gasteiger partial charge in [0.25, 0.3) is 0 Å². The van der Waals surface area contributed by atoms with Crippen LogP contribution in [0.25, 0.3) is 10.8 Å². The van der Waals surface area contributed by atoms with Gasteiger partial charge in [0, 0.05) is 11.3 Å². The molecule has 10 nitrogen and oxygen atoms in total. The summed E-state index contributed by atoms with van der Waals surface area (Å²) in [4.78, 5) is 25.0. The molecule has 0 aliphatic heterocycles. The summed E-state index contributed by atoms with van der Waals surface area (Å²) >= 11 is 0. The van der Waals surface area contributed by atoms with E-state index in [0.717, 1.165) is 28.6 Å². The summed E-state index contributed by atoms with van der Waals surface area (Å²) in [6, 6.07) is 8.00. The first kappa shape index (κ1) is 27.5. The van der Waals surface area contributed by atoms with Crippen LogP contribution in [0, 0.1) is 5.92 Å². The molecule has 2 N–H and O–H groups in total. The zero-order chi connectivity index (χ0) is 25.1. The summed E-state index contributed by atoms with van der Waals surface area (Å²) in [6.45, 7) is 5.77. The highest BCUT2D eigenvalue weighted by Gasteiger charge is 2.16. The number of nitrogens with one attached hydrogen (secondary N) is 1. The summed E-state index contributed by atoms with van der Waals surface area (Å²) in [5.41, 5.74) is 1.82. The van der Waals surface area contributed by atoms with E-state index in [0.29, 0.717) is 29.8 Å². The lowest BCUT2D eigenvalue weighted by atomic mass is 10.0. The molecule has 0 amide bonds. The van der Waals surface area contributed by atoms with Crippen molar-refractivity contribution in [3.63, 3.8) is 0 Å². The van der Waals surface area contributed by atoms with Crippen molar-refractivity contribution in [3.05, 3.63) is 29.8 Å². The minimum Gasteiger partial charge on any atom is -0.539 e. The van der Waals surface area contributed by atoms with Crippen molar-refractivity contribution in [2.24, 2.45) is 11.1 Å². The summed E-state index contributed by atoms with van der Waals surface area (Å²) in [5.74, 6) is -1.69. The zero-order valence-electron chi connectivity index (χ0n) is 20.1. The molecule has 0 spiro atoms. The molecule has 0 saturated heterocycles. The summed E-state index contributed by atoms with van der Waals surface area (Å²) in [6.07, 6.45) is 0. The average Bonchev–Trinajstić information content (AvgIpc) is 2.76. The number of aliphatic carboxylic acids is 2. The summed E-state index contributed by atoms with van der Waals surface area (Å²) in [5, 5.41) is 22.5. The number of carboxylic acid groups (broad SMARTS) is 2. The second-order valence-corrected chi connectivity index (χ2v) is 7.66. The summed E-state index contributed by atoms with van der Waals surface area (Å²) < 4.78 is 16.5. The van der Waals surface area contributed by atoms with E-state index in [-0.39, 0.29) is 0 Å². The third-order valence-corrected chi connectivity index (χ3v) is 4.55. The lowest BCUT2D eigenvalue weighted by molar-refractivity contribution is -0.861. The number of carbonyl (C=O) groups excluding carboxylic acids is 1. The maximum absolute atomic E-state index is 9.04. The number of carbonyl (C=O) groups is 2. The number of quaternary nitrogens is 1. The Morgan fingerprint density at radius 3 is 2.18 bits per heavy atom. The van der Waals surface area contributed by atoms with E-state index >= 15 is 0 Å². The van der Waals surface area contributed by atoms with Gasteiger partial charge >= 0.3 is 5.97 Å². The van der Waals surface area contributed by atoms with Crippen LogP contribution in [0.5, 0.6) is 17.2 Å². The van der Waals surface area contributed by atoms with Crippen LogP contribution >= 0.6 is 0 Å². The Morgan fingerprint density at radius 2 is 1.70 bits per heavy atom. The molecular weight excluding hydrogens is 432 g/mol. The van der Waals surface area contributed by atoms with Gasteiger partial charge < -0.3 is 39.0 Å². The molecule has 0 heterocycles. The highest BCUT2D eigenvalue weighted by Crippen LogP contribution is 2.43. The fourth-order valence-electron chi connectivity index (χ4n) is 3.17. The van der Waals surface area contributed by atoms with Crippen LogP contribution in [0.2, 0.25) is 0 Å². The molecule has 0 aromatic heterocycles. The molecule has 0 aliphatic carbocycles. The summed E-state index contributed by atoms with van der Waals surface area (Å²) in [7, 11) is 9.12. The first-order valence-corrected chi connectivity index (χ1v) is 10.2. The first-order chi connectivity index (χ1) is 15.5. The van der Waals surface area contributed by atoms with Crippen molar-refractivity contribution in [2.75, 3.05) is 48.6 Å². The van der Waals surface area contributed by atoms with Crippen molar-refractivity contribution in [1.82, 2.24) is 0 Å². The SMILES string of the molecule is COc1cc2cc(/C(C)=N/OCC(C)C[NH+](C)C)ccc2c(OC)c1OC.O=C([O-])C(=O)O. The van der Waals surface area contributed by atoms with Gasteiger partial charge in [0.15, 0.2) is 17.5 Å². The van der Waals surface area contributed by atoms with E-state index in [1.807, 2.05) is 25.1 Å². The van der Waals surface area contributed by atoms with Crippen molar-refractivity contribution in [3.8, 4) is 17.2 Å². The van der Waals surface area contributed by atoms with Gasteiger partial charge in [0.1, 0.15) is 6.61 Å². The highest BCUT2D eigenvalue weighted by atomic mass is 16.6. The molecule has 182 valence electrons. The Balaban J connectivity index is 0.000000801. The van der Waals surface area contributed by atoms with Gasteiger partial charge in [-0.3, -0.25) is 0 Å². The van der Waals surface area contributed by atoms with Crippen molar-refractivity contribution in [1.29, 1.82) is 0 Å². The van der Waals surface area contributed by atoms with Crippen LogP contribution in [-0.4, -0.2) is 71.3 Å². The molecule has 1 unspecified atom stereocenters. The third-order valence-electron chi connectivity index (χ3n) is 4.55. The predicted molar refractivity (Wildman–Crippen MR) is 121 cm³/mol. The van der Waals surface area contributed by atoms with E-state index in [1.165, 1.54) is 4.90 Å². The number of hydrogen-bond acceptors (Lipinski definition) is 8. The number of rotatable bonds is 9. The molecule has 2 rings (SSSR count). The molecule has 0 aliphatic rings. The smallest absolute Gasteiger partial charge is 0.351 e. The van der Waals surface area contributed by atoms with E-state index in [2.05, 4.69) is 32.2 Å². The van der Waals surface area contributed by atoms with Crippen LogP contribution in [0.4, 0.5) is 0 Å². The molecular formula is C23H32N2O8. The van der Waals surface area contributed by atoms with Crippen molar-refractivity contribution < 1.29 is 43.8 Å². The van der Waals surface area contributed by atoms with Gasteiger partial charge in [-0.2, -0.15) is 0 Å². The maximum Gasteiger partial charge on any atom is 0.351 e. The number of oxime groups is 1. The number of hydrogen-bond donors (Lipinski definition) is 2. The number of nitrogens with zero attached hydrogens (tertiary/aromatic N) is 1. The topological polar surface area (TPSA) is 131 Å². The van der Waals surface area contributed by atoms with Gasteiger partial charge in [0.05, 0.1) is 47.7 Å². The zero-order valence-corrected chi connectivity index (χ0v) is 20.1. The molecule has 33 heavy (non-hydrogen) atoms. The lowest BCUT2D eigenvalue weighted by Crippen LogP contribution is -3.06. The van der Waals surface area contributed by atoms with Crippen LogP contribution in [0.3, 0.4) is 0 Å². The van der Waals surface area contributed by atoms with Crippen molar-refractivity contribution in [2.45, 2.75) is 13.8 Å². The van der Waals surface area contributed by atoms with Gasteiger partial charge in [-0.25, -0.2) is 4.79 Å². The predicted octanol–water partition coefficient (Wildman–Crippen LogP) is 0.208. The second-order valence-electron chi connectivity index (χ2n) is 7.66. The van der Waals surface area contributed by atoms with Gasteiger partial charge in [-0.05, 0) is 36.1 Å². The monoisotopic (exact) mass is 464 g/mol. The molecule has 10 heteroatoms. The van der Waals surface area contributed by atoms with Crippen LogP contribution < -0.4 is 24.2 Å². The van der Waals surface area contributed by atoms with Crippen molar-refractivity contribution >= 4 is 28.4 Å². The van der Waals surface area contributed by atoms with Crippen LogP contribution in [0.1, 0.15) is 19.4 Å². The largest absolute Gasteiger partial charge is 0.539 e. The van der Waals surface area contributed by atoms with E-state index in [9.17, 15) is 0 Å². The van der Waals surface area contributed by atoms with E-state index in [4.69, 9.17) is 38.9 Å². The molecule has 2 aromatic carbocycles. The lowest BCUT2D eigenvalue weighted by Gasteiger charge is -2.15. The first-order valence-electron chi connectivity index (χ1n) is 10.2. The Morgan fingerprint density at radius 1 is 1.09 bits per heavy atom. The van der Waals surface area contributed by atoms with E-state index < -0.39 is 11.9 Å². The Kier molecular flexibility index (Phi) is 10.9. The Bertz CT molecular complexity index is 976.